The zero-order valence-electron chi connectivity index (χ0n) is 9.63. The van der Waals surface area contributed by atoms with Crippen molar-refractivity contribution < 1.29 is 4.42 Å². The second-order valence-electron chi connectivity index (χ2n) is 4.81. The van der Waals surface area contributed by atoms with Crippen molar-refractivity contribution in [3.63, 3.8) is 0 Å². The minimum Gasteiger partial charge on any atom is -0.468 e. The average Bonchev–Trinajstić information content (AvgIpc) is 2.62. The molecule has 0 aliphatic carbocycles. The van der Waals surface area contributed by atoms with Gasteiger partial charge in [0.25, 0.3) is 0 Å². The molecule has 1 aromatic heterocycles. The average molecular weight is 291 g/mol. The van der Waals surface area contributed by atoms with Crippen LogP contribution in [0.15, 0.2) is 22.8 Å². The van der Waals surface area contributed by atoms with Crippen LogP contribution < -0.4 is 0 Å². The predicted molar refractivity (Wildman–Crippen MR) is 71.6 cm³/mol. The fourth-order valence-corrected chi connectivity index (χ4v) is 4.11. The van der Waals surface area contributed by atoms with Crippen molar-refractivity contribution in [1.82, 2.24) is 0 Å². The Hall–Kier alpha value is 0.110. The van der Waals surface area contributed by atoms with Gasteiger partial charge in [-0.1, -0.05) is 36.7 Å². The van der Waals surface area contributed by atoms with Gasteiger partial charge in [0.05, 0.1) is 12.0 Å². The van der Waals surface area contributed by atoms with Crippen molar-refractivity contribution in [3.05, 3.63) is 24.2 Å². The van der Waals surface area contributed by atoms with Crippen LogP contribution in [0, 0.1) is 11.3 Å². The third-order valence-electron chi connectivity index (χ3n) is 2.55. The summed E-state index contributed by atoms with van der Waals surface area (Å²) in [5, 5.41) is 1.07. The van der Waals surface area contributed by atoms with Crippen molar-refractivity contribution in [3.8, 4) is 0 Å². The molecule has 0 amide bonds. The molecule has 1 heterocycles. The van der Waals surface area contributed by atoms with Crippen molar-refractivity contribution in [2.75, 3.05) is 11.1 Å². The highest BCUT2D eigenvalue weighted by Crippen LogP contribution is 2.31. The first-order valence-electron chi connectivity index (χ1n) is 5.20. The molecular weight excluding hydrogens is 272 g/mol. The molecule has 0 bridgehead atoms. The summed E-state index contributed by atoms with van der Waals surface area (Å²) < 4.78 is 5.30. The van der Waals surface area contributed by atoms with Crippen LogP contribution in [0.2, 0.25) is 0 Å². The van der Waals surface area contributed by atoms with Crippen LogP contribution in [0.3, 0.4) is 0 Å². The molecule has 1 aromatic rings. The van der Waals surface area contributed by atoms with Crippen LogP contribution in [0.25, 0.3) is 0 Å². The highest BCUT2D eigenvalue weighted by atomic mass is 79.9. The van der Waals surface area contributed by atoms with Crippen LogP contribution in [0.1, 0.15) is 26.5 Å². The molecule has 0 aliphatic rings. The van der Waals surface area contributed by atoms with Gasteiger partial charge in [-0.3, -0.25) is 0 Å². The van der Waals surface area contributed by atoms with Crippen molar-refractivity contribution in [2.24, 2.45) is 11.3 Å². The van der Waals surface area contributed by atoms with E-state index in [0.29, 0.717) is 11.3 Å². The van der Waals surface area contributed by atoms with E-state index in [9.17, 15) is 0 Å². The molecule has 0 N–H and O–H groups in total. The Balaban J connectivity index is 2.29. The molecule has 0 saturated heterocycles. The molecule has 1 unspecified atom stereocenters. The lowest BCUT2D eigenvalue weighted by atomic mass is 9.83. The molecule has 0 spiro atoms. The normalized spacial score (nSPS) is 14.1. The van der Waals surface area contributed by atoms with E-state index in [4.69, 9.17) is 4.42 Å². The monoisotopic (exact) mass is 290 g/mol. The Morgan fingerprint density at radius 3 is 2.67 bits per heavy atom. The third kappa shape index (κ3) is 4.64. The number of rotatable bonds is 5. The summed E-state index contributed by atoms with van der Waals surface area (Å²) in [5.41, 5.74) is 0.375. The van der Waals surface area contributed by atoms with Crippen molar-refractivity contribution in [1.29, 1.82) is 0 Å². The highest BCUT2D eigenvalue weighted by molar-refractivity contribution is 9.09. The Kier molecular flexibility index (Phi) is 5.27. The molecule has 3 heteroatoms. The third-order valence-corrected chi connectivity index (χ3v) is 4.46. The van der Waals surface area contributed by atoms with E-state index in [1.165, 1.54) is 5.75 Å². The second kappa shape index (κ2) is 6.00. The summed E-state index contributed by atoms with van der Waals surface area (Å²) in [6, 6.07) is 3.98. The topological polar surface area (TPSA) is 13.1 Å². The van der Waals surface area contributed by atoms with Gasteiger partial charge in [0.15, 0.2) is 0 Å². The van der Waals surface area contributed by atoms with Gasteiger partial charge in [-0.15, -0.1) is 0 Å². The van der Waals surface area contributed by atoms with Crippen LogP contribution in [-0.4, -0.2) is 11.1 Å². The zero-order valence-corrected chi connectivity index (χ0v) is 12.0. The second-order valence-corrected chi connectivity index (χ2v) is 6.49. The molecule has 0 aliphatic heterocycles. The summed E-state index contributed by atoms with van der Waals surface area (Å²) in [6.45, 7) is 6.89. The minimum absolute atomic E-state index is 0.375. The van der Waals surface area contributed by atoms with Gasteiger partial charge in [-0.05, 0) is 29.2 Å². The number of hydrogen-bond donors (Lipinski definition) is 0. The van der Waals surface area contributed by atoms with E-state index in [1.54, 1.807) is 6.26 Å². The Morgan fingerprint density at radius 1 is 1.47 bits per heavy atom. The number of furan rings is 1. The summed E-state index contributed by atoms with van der Waals surface area (Å²) in [7, 11) is 0. The van der Waals surface area contributed by atoms with E-state index in [-0.39, 0.29) is 0 Å². The number of thioether (sulfide) groups is 1. The predicted octanol–water partition coefficient (Wildman–Crippen LogP) is 4.57. The minimum atomic E-state index is 0.375. The van der Waals surface area contributed by atoms with Crippen molar-refractivity contribution in [2.45, 2.75) is 26.5 Å². The van der Waals surface area contributed by atoms with Crippen LogP contribution in [0.5, 0.6) is 0 Å². The Morgan fingerprint density at radius 2 is 2.20 bits per heavy atom. The Bertz CT molecular complexity index is 264. The molecule has 0 fully saturated rings. The summed E-state index contributed by atoms with van der Waals surface area (Å²) in [4.78, 5) is 0. The zero-order chi connectivity index (χ0) is 11.3. The fraction of sp³-hybridized carbons (Fsp3) is 0.667. The lowest BCUT2D eigenvalue weighted by molar-refractivity contribution is 0.295. The summed E-state index contributed by atoms with van der Waals surface area (Å²) in [5.74, 6) is 3.93. The molecule has 1 nitrogen and oxygen atoms in total. The highest BCUT2D eigenvalue weighted by Gasteiger charge is 2.23. The van der Waals surface area contributed by atoms with E-state index >= 15 is 0 Å². The first-order valence-corrected chi connectivity index (χ1v) is 7.47. The van der Waals surface area contributed by atoms with Gasteiger partial charge in [-0.2, -0.15) is 11.8 Å². The first kappa shape index (κ1) is 13.2. The molecule has 86 valence electrons. The van der Waals surface area contributed by atoms with E-state index in [0.717, 1.165) is 16.8 Å². The van der Waals surface area contributed by atoms with Crippen LogP contribution in [-0.2, 0) is 5.75 Å². The molecule has 1 atom stereocenters. The fourth-order valence-electron chi connectivity index (χ4n) is 1.22. The Labute approximate surface area is 105 Å². The molecule has 0 aromatic carbocycles. The van der Waals surface area contributed by atoms with E-state index < -0.39 is 0 Å². The van der Waals surface area contributed by atoms with Gasteiger partial charge in [0, 0.05) is 5.33 Å². The number of alkyl halides is 1. The standard InChI is InChI=1S/C12H19BrOS/c1-12(2,3)10(7-13)8-15-9-11-5-4-6-14-11/h4-6,10H,7-9H2,1-3H3. The maximum Gasteiger partial charge on any atom is 0.113 e. The van der Waals surface area contributed by atoms with E-state index in [2.05, 4.69) is 36.7 Å². The van der Waals surface area contributed by atoms with Crippen molar-refractivity contribution >= 4 is 27.7 Å². The maximum absolute atomic E-state index is 5.30. The maximum atomic E-state index is 5.30. The molecule has 0 radical (unpaired) electrons. The lowest BCUT2D eigenvalue weighted by Crippen LogP contribution is -2.24. The number of halogens is 1. The largest absolute Gasteiger partial charge is 0.468 e. The van der Waals surface area contributed by atoms with Crippen LogP contribution in [0.4, 0.5) is 0 Å². The summed E-state index contributed by atoms with van der Waals surface area (Å²) in [6.07, 6.45) is 1.74. The van der Waals surface area contributed by atoms with Gasteiger partial charge in [0.2, 0.25) is 0 Å². The van der Waals surface area contributed by atoms with Gasteiger partial charge >= 0.3 is 0 Å². The lowest BCUT2D eigenvalue weighted by Gasteiger charge is -2.28. The van der Waals surface area contributed by atoms with Gasteiger partial charge in [-0.25, -0.2) is 0 Å². The van der Waals surface area contributed by atoms with Gasteiger partial charge < -0.3 is 4.42 Å². The molecule has 1 rings (SSSR count). The molecular formula is C12H19BrOS. The van der Waals surface area contributed by atoms with Crippen LogP contribution >= 0.6 is 27.7 Å². The quantitative estimate of drug-likeness (QED) is 0.737. The van der Waals surface area contributed by atoms with E-state index in [1.807, 2.05) is 23.9 Å². The smallest absolute Gasteiger partial charge is 0.113 e. The van der Waals surface area contributed by atoms with Gasteiger partial charge in [0.1, 0.15) is 5.76 Å². The summed E-state index contributed by atoms with van der Waals surface area (Å²) >= 11 is 5.54. The first-order chi connectivity index (χ1) is 7.04. The molecule has 15 heavy (non-hydrogen) atoms. The SMILES string of the molecule is CC(C)(C)C(CBr)CSCc1ccco1. The number of hydrogen-bond acceptors (Lipinski definition) is 2. The molecule has 0 saturated carbocycles.